The molecule has 1 unspecified atom stereocenters. The summed E-state index contributed by atoms with van der Waals surface area (Å²) in [4.78, 5) is 16.0. The molecule has 1 atom stereocenters. The van der Waals surface area contributed by atoms with Gasteiger partial charge in [-0.2, -0.15) is 0 Å². The molecule has 1 heterocycles. The first-order valence-corrected chi connectivity index (χ1v) is 12.4. The Hall–Kier alpha value is -1.63. The number of β-amino-alcohol motifs (C(OH)–C–C–N with tert-alkyl or cyclic N) is 2. The largest absolute Gasteiger partial charge is 0.490 e. The summed E-state index contributed by atoms with van der Waals surface area (Å²) in [6.07, 6.45) is 3.60. The molecule has 186 valence electrons. The number of hydrogen-bond donors (Lipinski definition) is 2. The van der Waals surface area contributed by atoms with E-state index in [0.29, 0.717) is 32.1 Å². The van der Waals surface area contributed by atoms with Crippen molar-refractivity contribution < 1.29 is 19.7 Å². The quantitative estimate of drug-likeness (QED) is 0.703. The molecule has 6 nitrogen and oxygen atoms in total. The lowest BCUT2D eigenvalue weighted by Gasteiger charge is -2.43. The molecule has 0 bridgehead atoms. The Morgan fingerprint density at radius 2 is 1.64 bits per heavy atom. The first-order chi connectivity index (χ1) is 15.3. The van der Waals surface area contributed by atoms with Gasteiger partial charge in [-0.3, -0.25) is 9.69 Å². The third-order valence-corrected chi connectivity index (χ3v) is 7.50. The van der Waals surface area contributed by atoms with Crippen LogP contribution in [0, 0.1) is 25.2 Å². The maximum Gasteiger partial charge on any atom is 0.219 e. The Morgan fingerprint density at radius 1 is 1.03 bits per heavy atom. The highest BCUT2D eigenvalue weighted by Gasteiger charge is 2.42. The normalized spacial score (nSPS) is 29.6. The van der Waals surface area contributed by atoms with Crippen molar-refractivity contribution in [2.75, 3.05) is 39.3 Å². The van der Waals surface area contributed by atoms with E-state index in [-0.39, 0.29) is 24.5 Å². The number of hydrogen-bond acceptors (Lipinski definition) is 5. The van der Waals surface area contributed by atoms with Gasteiger partial charge in [0.15, 0.2) is 0 Å². The zero-order valence-electron chi connectivity index (χ0n) is 21.5. The van der Waals surface area contributed by atoms with Crippen LogP contribution >= 0.6 is 0 Å². The van der Waals surface area contributed by atoms with E-state index in [1.54, 1.807) is 11.8 Å². The summed E-state index contributed by atoms with van der Waals surface area (Å²) in [6, 6.07) is 6.01. The number of aryl methyl sites for hydroxylation is 2. The van der Waals surface area contributed by atoms with Gasteiger partial charge in [-0.1, -0.05) is 26.8 Å². The maximum atomic E-state index is 12.2. The van der Waals surface area contributed by atoms with Crippen LogP contribution in [0.1, 0.15) is 64.5 Å². The second-order valence-electron chi connectivity index (χ2n) is 11.9. The molecule has 0 radical (unpaired) electrons. The first kappa shape index (κ1) is 26.0. The van der Waals surface area contributed by atoms with Crippen LogP contribution in [0.25, 0.3) is 0 Å². The Morgan fingerprint density at radius 3 is 2.18 bits per heavy atom. The molecule has 1 aliphatic heterocycles. The molecule has 1 saturated heterocycles. The minimum atomic E-state index is -1.21. The van der Waals surface area contributed by atoms with Gasteiger partial charge in [-0.25, -0.2) is 0 Å². The van der Waals surface area contributed by atoms with Crippen molar-refractivity contribution in [2.24, 2.45) is 11.3 Å². The highest BCUT2D eigenvalue weighted by Crippen LogP contribution is 2.41. The summed E-state index contributed by atoms with van der Waals surface area (Å²) in [5.41, 5.74) is 0.523. The van der Waals surface area contributed by atoms with Crippen LogP contribution in [0.2, 0.25) is 0 Å². The van der Waals surface area contributed by atoms with Crippen molar-refractivity contribution in [3.8, 4) is 5.75 Å². The van der Waals surface area contributed by atoms with E-state index in [1.165, 1.54) is 0 Å². The predicted octanol–water partition coefficient (Wildman–Crippen LogP) is 3.54. The smallest absolute Gasteiger partial charge is 0.219 e. The Bertz CT molecular complexity index is 806. The molecule has 33 heavy (non-hydrogen) atoms. The Kier molecular flexibility index (Phi) is 7.82. The summed E-state index contributed by atoms with van der Waals surface area (Å²) < 4.78 is 6.03. The minimum absolute atomic E-state index is 0.0499. The molecule has 3 rings (SSSR count). The van der Waals surface area contributed by atoms with E-state index in [1.807, 2.05) is 26.0 Å². The van der Waals surface area contributed by atoms with E-state index in [4.69, 9.17) is 4.74 Å². The number of carbonyl (C=O) groups is 1. The molecule has 1 aliphatic carbocycles. The zero-order valence-corrected chi connectivity index (χ0v) is 21.5. The monoisotopic (exact) mass is 460 g/mol. The van der Waals surface area contributed by atoms with E-state index in [0.717, 1.165) is 42.6 Å². The van der Waals surface area contributed by atoms with Gasteiger partial charge in [0.1, 0.15) is 18.0 Å². The summed E-state index contributed by atoms with van der Waals surface area (Å²) in [5, 5.41) is 22.9. The third-order valence-electron chi connectivity index (χ3n) is 7.50. The number of ether oxygens (including phenoxy) is 1. The summed E-state index contributed by atoms with van der Waals surface area (Å²) in [7, 11) is 0. The van der Waals surface area contributed by atoms with Gasteiger partial charge in [0, 0.05) is 33.1 Å². The molecule has 2 aliphatic rings. The fourth-order valence-corrected chi connectivity index (χ4v) is 5.57. The molecular formula is C27H44N2O4. The van der Waals surface area contributed by atoms with Crippen LogP contribution in [0.3, 0.4) is 0 Å². The summed E-state index contributed by atoms with van der Waals surface area (Å²) in [5.74, 6) is 1.30. The topological polar surface area (TPSA) is 73.2 Å². The Balaban J connectivity index is 1.69. The number of carbonyl (C=O) groups excluding carboxylic acids is 1. The lowest BCUT2D eigenvalue weighted by atomic mass is 9.68. The van der Waals surface area contributed by atoms with Gasteiger partial charge in [0.25, 0.3) is 0 Å². The van der Waals surface area contributed by atoms with Crippen LogP contribution in [0.15, 0.2) is 18.2 Å². The highest BCUT2D eigenvalue weighted by molar-refractivity contribution is 5.73. The number of nitrogens with zero attached hydrogens (tertiary/aromatic N) is 2. The van der Waals surface area contributed by atoms with Crippen LogP contribution < -0.4 is 4.74 Å². The van der Waals surface area contributed by atoms with Crippen LogP contribution in [0.4, 0.5) is 0 Å². The second-order valence-corrected chi connectivity index (χ2v) is 11.9. The molecule has 0 aromatic heterocycles. The molecule has 6 heteroatoms. The predicted molar refractivity (Wildman–Crippen MR) is 131 cm³/mol. The van der Waals surface area contributed by atoms with Gasteiger partial charge in [0.05, 0.1) is 12.1 Å². The fourth-order valence-electron chi connectivity index (χ4n) is 5.57. The van der Waals surface area contributed by atoms with Gasteiger partial charge in [0.2, 0.25) is 5.91 Å². The van der Waals surface area contributed by atoms with E-state index in [9.17, 15) is 15.0 Å². The van der Waals surface area contributed by atoms with Crippen LogP contribution in [0.5, 0.6) is 5.75 Å². The third kappa shape index (κ3) is 7.17. The Labute approximate surface area is 199 Å². The SMILES string of the molecule is CC(=O)N1CCN(CC2(O)CCC(C(C)(C)C)CC2)CC(O)(COc2cc(C)cc(C)c2)C1. The van der Waals surface area contributed by atoms with E-state index < -0.39 is 11.2 Å². The van der Waals surface area contributed by atoms with Crippen LogP contribution in [-0.4, -0.2) is 76.5 Å². The summed E-state index contributed by atoms with van der Waals surface area (Å²) >= 11 is 0. The molecule has 2 N–H and O–H groups in total. The molecule has 0 spiro atoms. The lowest BCUT2D eigenvalue weighted by Crippen LogP contribution is -2.54. The minimum Gasteiger partial charge on any atom is -0.490 e. The van der Waals surface area contributed by atoms with Crippen molar-refractivity contribution in [2.45, 2.75) is 78.4 Å². The number of aliphatic hydroxyl groups is 2. The average molecular weight is 461 g/mol. The van der Waals surface area contributed by atoms with Crippen molar-refractivity contribution in [3.05, 3.63) is 29.3 Å². The van der Waals surface area contributed by atoms with Gasteiger partial charge >= 0.3 is 0 Å². The fraction of sp³-hybridized carbons (Fsp3) is 0.741. The van der Waals surface area contributed by atoms with Gasteiger partial charge in [-0.05, 0) is 74.1 Å². The number of benzene rings is 1. The number of rotatable bonds is 5. The van der Waals surface area contributed by atoms with E-state index in [2.05, 4.69) is 31.7 Å². The standard InChI is InChI=1S/C27H44N2O4/c1-20-13-21(2)15-24(14-20)33-19-27(32)17-28(11-12-29(18-27)22(3)30)16-26(31)9-7-23(8-10-26)25(4,5)6/h13-15,23,31-32H,7-12,16-19H2,1-6H3. The molecule has 1 amide bonds. The molecule has 1 aromatic carbocycles. The van der Waals surface area contributed by atoms with E-state index >= 15 is 0 Å². The highest BCUT2D eigenvalue weighted by atomic mass is 16.5. The van der Waals surface area contributed by atoms with Crippen LogP contribution in [-0.2, 0) is 4.79 Å². The first-order valence-electron chi connectivity index (χ1n) is 12.4. The maximum absolute atomic E-state index is 12.2. The van der Waals surface area contributed by atoms with Gasteiger partial charge < -0.3 is 19.8 Å². The average Bonchev–Trinajstić information content (AvgIpc) is 2.84. The summed E-state index contributed by atoms with van der Waals surface area (Å²) in [6.45, 7) is 14.8. The van der Waals surface area contributed by atoms with Gasteiger partial charge in [-0.15, -0.1) is 0 Å². The van der Waals surface area contributed by atoms with Crippen molar-refractivity contribution in [1.29, 1.82) is 0 Å². The van der Waals surface area contributed by atoms with Crippen molar-refractivity contribution in [3.63, 3.8) is 0 Å². The second kappa shape index (κ2) is 9.93. The molecule has 1 saturated carbocycles. The molecule has 2 fully saturated rings. The number of amides is 1. The molecule has 1 aromatic rings. The van der Waals surface area contributed by atoms with Crippen molar-refractivity contribution >= 4 is 5.91 Å². The molecular weight excluding hydrogens is 416 g/mol. The van der Waals surface area contributed by atoms with Crippen molar-refractivity contribution in [1.82, 2.24) is 9.80 Å². The lowest BCUT2D eigenvalue weighted by molar-refractivity contribution is -0.132. The zero-order chi connectivity index (χ0) is 24.4.